The number of hydrogen-bond donors (Lipinski definition) is 4. The number of aromatic carboxylic acids is 2. The Morgan fingerprint density at radius 2 is 1.48 bits per heavy atom. The molecule has 1 aliphatic heterocycles. The maximum Gasteiger partial charge on any atom is 0.342 e. The van der Waals surface area contributed by atoms with Crippen molar-refractivity contribution in [1.29, 1.82) is 0 Å². The molecule has 3 aromatic rings. The zero-order chi connectivity index (χ0) is 23.5. The second kappa shape index (κ2) is 9.17. The van der Waals surface area contributed by atoms with Crippen LogP contribution in [0.3, 0.4) is 0 Å². The molecular weight excluding hydrogens is 424 g/mol. The lowest BCUT2D eigenvalue weighted by Gasteiger charge is -2.36. The van der Waals surface area contributed by atoms with Crippen LogP contribution in [-0.4, -0.2) is 58.2 Å². The van der Waals surface area contributed by atoms with Crippen molar-refractivity contribution in [3.8, 4) is 11.1 Å². The molecule has 4 rings (SSSR count). The maximum atomic E-state index is 12.2. The number of H-pyrrole nitrogens is 1. The summed E-state index contributed by atoms with van der Waals surface area (Å²) < 4.78 is 0. The molecule has 0 bridgehead atoms. The molecule has 33 heavy (non-hydrogen) atoms. The second-order valence-corrected chi connectivity index (χ2v) is 7.90. The quantitative estimate of drug-likeness (QED) is 0.451. The summed E-state index contributed by atoms with van der Waals surface area (Å²) in [6, 6.07) is 17.2. The minimum Gasteiger partial charge on any atom is -0.478 e. The topological polar surface area (TPSA) is 140 Å². The number of carboxylic acids is 2. The molecular formula is C24H24N4O5. The van der Waals surface area contributed by atoms with Crippen LogP contribution in [0.25, 0.3) is 11.1 Å². The van der Waals surface area contributed by atoms with Crippen LogP contribution >= 0.6 is 0 Å². The van der Waals surface area contributed by atoms with Gasteiger partial charge < -0.3 is 25.8 Å². The van der Waals surface area contributed by atoms with Crippen LogP contribution in [-0.2, 0) is 6.54 Å². The number of nitrogen functional groups attached to an aromatic ring is 1. The highest BCUT2D eigenvalue weighted by Gasteiger charge is 2.26. The molecule has 0 saturated carbocycles. The van der Waals surface area contributed by atoms with Crippen molar-refractivity contribution in [2.45, 2.75) is 6.54 Å². The van der Waals surface area contributed by atoms with Crippen molar-refractivity contribution in [2.24, 2.45) is 0 Å². The van der Waals surface area contributed by atoms with Crippen LogP contribution in [0.15, 0.2) is 59.4 Å². The number of benzene rings is 2. The molecule has 9 nitrogen and oxygen atoms in total. The van der Waals surface area contributed by atoms with Crippen LogP contribution in [0.5, 0.6) is 0 Å². The van der Waals surface area contributed by atoms with Gasteiger partial charge in [0.15, 0.2) is 0 Å². The van der Waals surface area contributed by atoms with Crippen LogP contribution in [0.1, 0.15) is 26.3 Å². The molecule has 1 aromatic heterocycles. The zero-order valence-electron chi connectivity index (χ0n) is 17.8. The first-order valence-corrected chi connectivity index (χ1v) is 10.5. The Morgan fingerprint density at radius 3 is 2.06 bits per heavy atom. The summed E-state index contributed by atoms with van der Waals surface area (Å²) in [5.41, 5.74) is 5.98. The third-order valence-electron chi connectivity index (χ3n) is 5.81. The zero-order valence-corrected chi connectivity index (χ0v) is 17.8. The Balaban J connectivity index is 1.56. The van der Waals surface area contributed by atoms with Gasteiger partial charge in [-0.15, -0.1) is 0 Å². The summed E-state index contributed by atoms with van der Waals surface area (Å²) in [6.45, 7) is 4.34. The fraction of sp³-hybridized carbons (Fsp3) is 0.208. The number of aromatic amines is 1. The van der Waals surface area contributed by atoms with Crippen molar-refractivity contribution >= 4 is 23.4 Å². The van der Waals surface area contributed by atoms with E-state index in [4.69, 9.17) is 5.73 Å². The number of piperazine rings is 1. The maximum absolute atomic E-state index is 12.2. The Kier molecular flexibility index (Phi) is 6.14. The van der Waals surface area contributed by atoms with Gasteiger partial charge in [0.2, 0.25) is 0 Å². The molecule has 0 atom stereocenters. The minimum atomic E-state index is -1.52. The second-order valence-electron chi connectivity index (χ2n) is 7.90. The fourth-order valence-electron chi connectivity index (χ4n) is 4.18. The van der Waals surface area contributed by atoms with Gasteiger partial charge in [-0.05, 0) is 23.3 Å². The lowest BCUT2D eigenvalue weighted by molar-refractivity contribution is 0.0695. The summed E-state index contributed by atoms with van der Waals surface area (Å²) in [4.78, 5) is 42.4. The van der Waals surface area contributed by atoms with E-state index >= 15 is 0 Å². The molecule has 1 aliphatic rings. The Labute approximate surface area is 189 Å². The van der Waals surface area contributed by atoms with E-state index in [2.05, 4.69) is 26.9 Å². The van der Waals surface area contributed by atoms with E-state index in [-0.39, 0.29) is 11.4 Å². The molecule has 170 valence electrons. The number of carbonyl (C=O) groups is 2. The van der Waals surface area contributed by atoms with Crippen LogP contribution < -0.4 is 16.2 Å². The van der Waals surface area contributed by atoms with Gasteiger partial charge in [-0.1, -0.05) is 42.5 Å². The standard InChI is InChI=1S/C24H24N4O5/c25-21-19(23(30)31)18(20(24(32)33)22(29)26-21)16-6-8-17(9-7-16)28-12-10-27(11-13-28)14-15-4-2-1-3-5-15/h1-9H,10-14H2,(H,30,31)(H,32,33)(H3,25,26,29). The van der Waals surface area contributed by atoms with Gasteiger partial charge in [-0.2, -0.15) is 0 Å². The number of carboxylic acid groups (broad SMARTS) is 2. The number of nitrogens with one attached hydrogen (secondary N) is 1. The predicted octanol–water partition coefficient (Wildman–Crippen LogP) is 2.34. The monoisotopic (exact) mass is 448 g/mol. The van der Waals surface area contributed by atoms with Gasteiger partial charge in [0.25, 0.3) is 5.56 Å². The van der Waals surface area contributed by atoms with E-state index in [0.29, 0.717) is 5.56 Å². The molecule has 1 saturated heterocycles. The normalized spacial score (nSPS) is 14.2. The molecule has 2 heterocycles. The minimum absolute atomic E-state index is 0.199. The van der Waals surface area contributed by atoms with Crippen molar-refractivity contribution in [3.05, 3.63) is 81.6 Å². The number of pyridine rings is 1. The van der Waals surface area contributed by atoms with Crippen molar-refractivity contribution in [2.75, 3.05) is 36.8 Å². The van der Waals surface area contributed by atoms with E-state index < -0.39 is 28.6 Å². The highest BCUT2D eigenvalue weighted by Crippen LogP contribution is 2.31. The third kappa shape index (κ3) is 4.58. The lowest BCUT2D eigenvalue weighted by atomic mass is 9.95. The molecule has 0 aliphatic carbocycles. The van der Waals surface area contributed by atoms with Crippen molar-refractivity contribution < 1.29 is 19.8 Å². The van der Waals surface area contributed by atoms with Gasteiger partial charge in [-0.25, -0.2) is 9.59 Å². The average molecular weight is 448 g/mol. The van der Waals surface area contributed by atoms with Gasteiger partial charge in [0, 0.05) is 44.0 Å². The fourth-order valence-corrected chi connectivity index (χ4v) is 4.18. The van der Waals surface area contributed by atoms with Crippen LogP contribution in [0, 0.1) is 0 Å². The van der Waals surface area contributed by atoms with E-state index in [0.717, 1.165) is 38.4 Å². The molecule has 9 heteroatoms. The van der Waals surface area contributed by atoms with Crippen LogP contribution in [0.2, 0.25) is 0 Å². The Bertz CT molecular complexity index is 1230. The first kappa shape index (κ1) is 22.1. The predicted molar refractivity (Wildman–Crippen MR) is 125 cm³/mol. The van der Waals surface area contributed by atoms with E-state index in [1.165, 1.54) is 5.56 Å². The summed E-state index contributed by atoms with van der Waals surface area (Å²) in [6.07, 6.45) is 0. The summed E-state index contributed by atoms with van der Waals surface area (Å²) >= 11 is 0. The smallest absolute Gasteiger partial charge is 0.342 e. The first-order chi connectivity index (χ1) is 15.8. The third-order valence-corrected chi connectivity index (χ3v) is 5.81. The number of aromatic nitrogens is 1. The number of nitrogens with two attached hydrogens (primary N) is 1. The summed E-state index contributed by atoms with van der Waals surface area (Å²) in [5, 5.41) is 19.1. The highest BCUT2D eigenvalue weighted by molar-refractivity contribution is 6.07. The Hall–Kier alpha value is -4.11. The van der Waals surface area contributed by atoms with Gasteiger partial charge in [0.1, 0.15) is 16.9 Å². The average Bonchev–Trinajstić information content (AvgIpc) is 2.79. The molecule has 0 amide bonds. The number of nitrogens with zero attached hydrogens (tertiary/aromatic N) is 2. The lowest BCUT2D eigenvalue weighted by Crippen LogP contribution is -2.45. The van der Waals surface area contributed by atoms with Crippen molar-refractivity contribution in [1.82, 2.24) is 9.88 Å². The molecule has 5 N–H and O–H groups in total. The molecule has 2 aromatic carbocycles. The molecule has 0 spiro atoms. The molecule has 0 radical (unpaired) electrons. The van der Waals surface area contributed by atoms with E-state index in [9.17, 15) is 24.6 Å². The van der Waals surface area contributed by atoms with Gasteiger partial charge in [-0.3, -0.25) is 9.69 Å². The van der Waals surface area contributed by atoms with Crippen molar-refractivity contribution in [3.63, 3.8) is 0 Å². The molecule has 0 unspecified atom stereocenters. The van der Waals surface area contributed by atoms with Gasteiger partial charge >= 0.3 is 11.9 Å². The SMILES string of the molecule is Nc1[nH]c(=O)c(C(=O)O)c(-c2ccc(N3CCN(Cc4ccccc4)CC3)cc2)c1C(=O)O. The number of hydrogen-bond acceptors (Lipinski definition) is 6. The summed E-state index contributed by atoms with van der Waals surface area (Å²) in [7, 11) is 0. The largest absolute Gasteiger partial charge is 0.478 e. The first-order valence-electron chi connectivity index (χ1n) is 10.5. The number of anilines is 2. The van der Waals surface area contributed by atoms with E-state index in [1.807, 2.05) is 18.2 Å². The highest BCUT2D eigenvalue weighted by atomic mass is 16.4. The summed E-state index contributed by atoms with van der Waals surface area (Å²) in [5.74, 6) is -3.32. The van der Waals surface area contributed by atoms with E-state index in [1.54, 1.807) is 24.3 Å². The van der Waals surface area contributed by atoms with Gasteiger partial charge in [0.05, 0.1) is 0 Å². The number of rotatable bonds is 6. The Morgan fingerprint density at radius 1 is 0.879 bits per heavy atom. The molecule has 1 fully saturated rings. The van der Waals surface area contributed by atoms with Crippen LogP contribution in [0.4, 0.5) is 11.5 Å².